The molecule has 0 aromatic carbocycles. The third-order valence-corrected chi connectivity index (χ3v) is 3.19. The van der Waals surface area contributed by atoms with E-state index in [2.05, 4.69) is 22.4 Å². The largest absolute Gasteiger partial charge is 0.284 e. The van der Waals surface area contributed by atoms with Gasteiger partial charge in [-0.1, -0.05) is 0 Å². The van der Waals surface area contributed by atoms with Crippen molar-refractivity contribution in [2.24, 2.45) is 0 Å². The summed E-state index contributed by atoms with van der Waals surface area (Å²) in [6.07, 6.45) is 2.48. The van der Waals surface area contributed by atoms with E-state index < -0.39 is 0 Å². The van der Waals surface area contributed by atoms with Crippen LogP contribution in [0.3, 0.4) is 0 Å². The molecule has 3 heteroatoms. The van der Waals surface area contributed by atoms with Crippen LogP contribution in [-0.4, -0.2) is 18.0 Å². The predicted octanol–water partition coefficient (Wildman–Crippen LogP) is 2.41. The summed E-state index contributed by atoms with van der Waals surface area (Å²) in [6.45, 7) is 2.15. The Morgan fingerprint density at radius 1 is 1.46 bits per heavy atom. The summed E-state index contributed by atoms with van der Waals surface area (Å²) < 4.78 is 0. The van der Waals surface area contributed by atoms with E-state index in [-0.39, 0.29) is 6.04 Å². The fraction of sp³-hybridized carbons (Fsp3) is 0.500. The average Bonchev–Trinajstić information content (AvgIpc) is 2.76. The fourth-order valence-corrected chi connectivity index (χ4v) is 2.48. The van der Waals surface area contributed by atoms with Gasteiger partial charge in [-0.05, 0) is 48.3 Å². The second kappa shape index (κ2) is 3.91. The smallest absolute Gasteiger partial charge is 0.124 e. The molecule has 2 heterocycles. The van der Waals surface area contributed by atoms with Gasteiger partial charge in [-0.2, -0.15) is 16.6 Å². The number of thiophene rings is 1. The van der Waals surface area contributed by atoms with Gasteiger partial charge in [0.15, 0.2) is 0 Å². The maximum absolute atomic E-state index is 9.07. The first kappa shape index (κ1) is 8.74. The normalized spacial score (nSPS) is 19.9. The molecule has 1 aliphatic heterocycles. The van der Waals surface area contributed by atoms with Gasteiger partial charge in [0, 0.05) is 0 Å². The van der Waals surface area contributed by atoms with E-state index in [9.17, 15) is 0 Å². The molecule has 1 atom stereocenters. The molecule has 68 valence electrons. The molecule has 1 fully saturated rings. The minimum Gasteiger partial charge on any atom is -0.284 e. The molecule has 0 amide bonds. The number of nitrogens with zero attached hydrogens (tertiary/aromatic N) is 2. The fourth-order valence-electron chi connectivity index (χ4n) is 1.80. The lowest BCUT2D eigenvalue weighted by molar-refractivity contribution is 0.295. The predicted molar refractivity (Wildman–Crippen MR) is 53.5 cm³/mol. The molecule has 2 nitrogen and oxygen atoms in total. The summed E-state index contributed by atoms with van der Waals surface area (Å²) in [5.74, 6) is 0. The number of rotatable bonds is 2. The molecule has 0 saturated carbocycles. The molecule has 1 aromatic heterocycles. The molecular formula is C10H12N2S. The summed E-state index contributed by atoms with van der Waals surface area (Å²) in [7, 11) is 0. The monoisotopic (exact) mass is 192 g/mol. The van der Waals surface area contributed by atoms with Crippen LogP contribution < -0.4 is 0 Å². The molecule has 13 heavy (non-hydrogen) atoms. The van der Waals surface area contributed by atoms with E-state index in [4.69, 9.17) is 5.26 Å². The highest BCUT2D eigenvalue weighted by molar-refractivity contribution is 7.08. The van der Waals surface area contributed by atoms with Crippen molar-refractivity contribution in [3.63, 3.8) is 0 Å². The van der Waals surface area contributed by atoms with Crippen molar-refractivity contribution in [1.29, 1.82) is 5.26 Å². The first-order valence-electron chi connectivity index (χ1n) is 4.57. The van der Waals surface area contributed by atoms with Crippen molar-refractivity contribution in [2.45, 2.75) is 18.9 Å². The lowest BCUT2D eigenvalue weighted by Gasteiger charge is -2.19. The SMILES string of the molecule is N#CC(c1ccsc1)N1CCCC1. The zero-order valence-corrected chi connectivity index (χ0v) is 8.26. The molecule has 0 radical (unpaired) electrons. The highest BCUT2D eigenvalue weighted by atomic mass is 32.1. The quantitative estimate of drug-likeness (QED) is 0.719. The lowest BCUT2D eigenvalue weighted by Crippen LogP contribution is -2.23. The minimum absolute atomic E-state index is 0.00579. The molecule has 2 rings (SSSR count). The Hall–Kier alpha value is -0.850. The Balaban J connectivity index is 2.14. The van der Waals surface area contributed by atoms with Crippen LogP contribution in [0.25, 0.3) is 0 Å². The van der Waals surface area contributed by atoms with Gasteiger partial charge in [0.05, 0.1) is 6.07 Å². The molecule has 1 aliphatic rings. The Morgan fingerprint density at radius 3 is 2.77 bits per heavy atom. The van der Waals surface area contributed by atoms with Crippen LogP contribution in [0, 0.1) is 11.3 Å². The lowest BCUT2D eigenvalue weighted by atomic mass is 10.1. The van der Waals surface area contributed by atoms with Crippen molar-refractivity contribution >= 4 is 11.3 Å². The van der Waals surface area contributed by atoms with E-state index in [1.54, 1.807) is 11.3 Å². The Kier molecular flexibility index (Phi) is 2.62. The summed E-state index contributed by atoms with van der Waals surface area (Å²) >= 11 is 1.66. The molecule has 1 unspecified atom stereocenters. The van der Waals surface area contributed by atoms with Gasteiger partial charge >= 0.3 is 0 Å². The van der Waals surface area contributed by atoms with Crippen molar-refractivity contribution in [3.05, 3.63) is 22.4 Å². The van der Waals surface area contributed by atoms with Crippen molar-refractivity contribution in [1.82, 2.24) is 4.90 Å². The number of likely N-dealkylation sites (tertiary alicyclic amines) is 1. The van der Waals surface area contributed by atoms with Crippen LogP contribution in [0.2, 0.25) is 0 Å². The number of hydrogen-bond donors (Lipinski definition) is 0. The number of nitriles is 1. The average molecular weight is 192 g/mol. The van der Waals surface area contributed by atoms with E-state index in [0.29, 0.717) is 0 Å². The highest BCUT2D eigenvalue weighted by Gasteiger charge is 2.22. The molecule has 0 aliphatic carbocycles. The summed E-state index contributed by atoms with van der Waals surface area (Å²) in [5, 5.41) is 13.2. The molecule has 1 aromatic rings. The molecule has 0 bridgehead atoms. The van der Waals surface area contributed by atoms with Gasteiger partial charge in [-0.25, -0.2) is 0 Å². The second-order valence-electron chi connectivity index (χ2n) is 3.33. The third-order valence-electron chi connectivity index (χ3n) is 2.49. The molecular weight excluding hydrogens is 180 g/mol. The zero-order chi connectivity index (χ0) is 9.10. The van der Waals surface area contributed by atoms with Gasteiger partial charge < -0.3 is 0 Å². The maximum atomic E-state index is 9.07. The summed E-state index contributed by atoms with van der Waals surface area (Å²) in [4.78, 5) is 2.27. The first-order chi connectivity index (χ1) is 6.42. The van der Waals surface area contributed by atoms with Crippen molar-refractivity contribution in [3.8, 4) is 6.07 Å². The van der Waals surface area contributed by atoms with Gasteiger partial charge in [0.2, 0.25) is 0 Å². The zero-order valence-electron chi connectivity index (χ0n) is 7.44. The van der Waals surface area contributed by atoms with E-state index in [0.717, 1.165) is 18.7 Å². The number of hydrogen-bond acceptors (Lipinski definition) is 3. The van der Waals surface area contributed by atoms with Gasteiger partial charge in [-0.3, -0.25) is 4.90 Å². The second-order valence-corrected chi connectivity index (χ2v) is 4.11. The third kappa shape index (κ3) is 1.74. The van der Waals surface area contributed by atoms with Crippen LogP contribution in [-0.2, 0) is 0 Å². The van der Waals surface area contributed by atoms with Gasteiger partial charge in [0.1, 0.15) is 6.04 Å². The summed E-state index contributed by atoms with van der Waals surface area (Å²) in [6, 6.07) is 4.43. The Labute approximate surface area is 82.4 Å². The van der Waals surface area contributed by atoms with Crippen LogP contribution in [0.1, 0.15) is 24.4 Å². The first-order valence-corrected chi connectivity index (χ1v) is 5.52. The van der Waals surface area contributed by atoms with Crippen LogP contribution in [0.15, 0.2) is 16.8 Å². The Morgan fingerprint density at radius 2 is 2.23 bits per heavy atom. The van der Waals surface area contributed by atoms with Crippen LogP contribution >= 0.6 is 11.3 Å². The topological polar surface area (TPSA) is 27.0 Å². The van der Waals surface area contributed by atoms with Crippen molar-refractivity contribution in [2.75, 3.05) is 13.1 Å². The highest BCUT2D eigenvalue weighted by Crippen LogP contribution is 2.25. The Bertz CT molecular complexity index is 293. The summed E-state index contributed by atoms with van der Waals surface area (Å²) in [5.41, 5.74) is 1.16. The molecule has 0 N–H and O–H groups in total. The minimum atomic E-state index is -0.00579. The maximum Gasteiger partial charge on any atom is 0.124 e. The van der Waals surface area contributed by atoms with Gasteiger partial charge in [-0.15, -0.1) is 0 Å². The van der Waals surface area contributed by atoms with Crippen LogP contribution in [0.5, 0.6) is 0 Å². The molecule has 1 saturated heterocycles. The van der Waals surface area contributed by atoms with Gasteiger partial charge in [0.25, 0.3) is 0 Å². The van der Waals surface area contributed by atoms with E-state index >= 15 is 0 Å². The molecule has 0 spiro atoms. The van der Waals surface area contributed by atoms with E-state index in [1.165, 1.54) is 12.8 Å². The van der Waals surface area contributed by atoms with Crippen molar-refractivity contribution < 1.29 is 0 Å². The van der Waals surface area contributed by atoms with Crippen LogP contribution in [0.4, 0.5) is 0 Å². The van der Waals surface area contributed by atoms with E-state index in [1.807, 2.05) is 5.38 Å². The standard InChI is InChI=1S/C10H12N2S/c11-7-10(9-3-6-13-8-9)12-4-1-2-5-12/h3,6,8,10H,1-2,4-5H2.